The van der Waals surface area contributed by atoms with Crippen molar-refractivity contribution in [3.8, 4) is 5.75 Å². The quantitative estimate of drug-likeness (QED) is 0.503. The van der Waals surface area contributed by atoms with Gasteiger partial charge in [0.1, 0.15) is 19.0 Å². The lowest BCUT2D eigenvalue weighted by atomic mass is 10.2. The van der Waals surface area contributed by atoms with Crippen molar-refractivity contribution in [2.24, 2.45) is 5.73 Å². The molecule has 15 heavy (non-hydrogen) atoms. The van der Waals surface area contributed by atoms with E-state index in [-0.39, 0.29) is 12.6 Å². The maximum Gasteiger partial charge on any atom is 0.185 e. The molecule has 0 spiro atoms. The number of nitrogens with one attached hydrogen (secondary N) is 2. The van der Waals surface area contributed by atoms with Crippen LogP contribution in [0.1, 0.15) is 5.56 Å². The number of halogens is 1. The first kappa shape index (κ1) is 11.3. The Kier molecular flexibility index (Phi) is 4.40. The van der Waals surface area contributed by atoms with Crippen LogP contribution in [0, 0.1) is 5.41 Å². The molecule has 0 atom stereocenters. The third kappa shape index (κ3) is 4.30. The van der Waals surface area contributed by atoms with E-state index in [1.165, 1.54) is 0 Å². The summed E-state index contributed by atoms with van der Waals surface area (Å²) in [4.78, 5) is 0. The number of rotatable bonds is 5. The van der Waals surface area contributed by atoms with Crippen LogP contribution in [-0.2, 0) is 6.54 Å². The van der Waals surface area contributed by atoms with Gasteiger partial charge >= 0.3 is 0 Å². The van der Waals surface area contributed by atoms with E-state index in [0.29, 0.717) is 12.3 Å². The molecule has 4 N–H and O–H groups in total. The third-order valence-corrected chi connectivity index (χ3v) is 1.75. The normalized spacial score (nSPS) is 9.67. The lowest BCUT2D eigenvalue weighted by Crippen LogP contribution is -2.29. The van der Waals surface area contributed by atoms with Gasteiger partial charge in [0.25, 0.3) is 0 Å². The van der Waals surface area contributed by atoms with Gasteiger partial charge in [0.05, 0.1) is 0 Å². The van der Waals surface area contributed by atoms with E-state index in [1.54, 1.807) is 12.1 Å². The fourth-order valence-electron chi connectivity index (χ4n) is 1.06. The Labute approximate surface area is 87.7 Å². The highest BCUT2D eigenvalue weighted by atomic mass is 19.1. The standard InChI is InChI=1S/C10H14FN3O/c11-5-6-15-9-3-1-8(2-4-9)7-14-10(12)13/h1-4H,5-7H2,(H4,12,13,14). The molecule has 0 aliphatic heterocycles. The minimum Gasteiger partial charge on any atom is -0.491 e. The van der Waals surface area contributed by atoms with E-state index in [4.69, 9.17) is 15.9 Å². The predicted molar refractivity (Wildman–Crippen MR) is 56.7 cm³/mol. The van der Waals surface area contributed by atoms with Crippen molar-refractivity contribution < 1.29 is 9.13 Å². The summed E-state index contributed by atoms with van der Waals surface area (Å²) in [6.45, 7) is 0.0808. The fourth-order valence-corrected chi connectivity index (χ4v) is 1.06. The van der Waals surface area contributed by atoms with Crippen LogP contribution in [0.15, 0.2) is 24.3 Å². The number of nitrogens with two attached hydrogens (primary N) is 1. The van der Waals surface area contributed by atoms with Crippen LogP contribution in [0.4, 0.5) is 4.39 Å². The molecule has 0 unspecified atom stereocenters. The number of hydrogen-bond donors (Lipinski definition) is 3. The summed E-state index contributed by atoms with van der Waals surface area (Å²) >= 11 is 0. The van der Waals surface area contributed by atoms with Gasteiger partial charge in [0.2, 0.25) is 0 Å². The van der Waals surface area contributed by atoms with Gasteiger partial charge in [0, 0.05) is 6.54 Å². The molecule has 0 bridgehead atoms. The molecule has 0 aromatic heterocycles. The summed E-state index contributed by atoms with van der Waals surface area (Å²) in [7, 11) is 0. The minimum absolute atomic E-state index is 0.0623. The Balaban J connectivity index is 2.45. The van der Waals surface area contributed by atoms with E-state index >= 15 is 0 Å². The van der Waals surface area contributed by atoms with Crippen molar-refractivity contribution in [3.63, 3.8) is 0 Å². The lowest BCUT2D eigenvalue weighted by molar-refractivity contribution is 0.273. The van der Waals surface area contributed by atoms with Gasteiger partial charge in [0.15, 0.2) is 5.96 Å². The monoisotopic (exact) mass is 211 g/mol. The molecule has 4 nitrogen and oxygen atoms in total. The zero-order valence-electron chi connectivity index (χ0n) is 8.29. The molecule has 82 valence electrons. The molecule has 0 radical (unpaired) electrons. The third-order valence-electron chi connectivity index (χ3n) is 1.75. The highest BCUT2D eigenvalue weighted by molar-refractivity contribution is 5.74. The summed E-state index contributed by atoms with van der Waals surface area (Å²) in [5.74, 6) is 0.576. The minimum atomic E-state index is -0.492. The molecule has 0 heterocycles. The molecule has 0 aliphatic rings. The van der Waals surface area contributed by atoms with Crippen LogP contribution in [-0.4, -0.2) is 19.2 Å². The molecular weight excluding hydrogens is 197 g/mol. The summed E-state index contributed by atoms with van der Waals surface area (Å²) < 4.78 is 16.9. The first-order valence-electron chi connectivity index (χ1n) is 4.58. The van der Waals surface area contributed by atoms with Crippen molar-refractivity contribution in [2.45, 2.75) is 6.54 Å². The molecule has 0 aliphatic carbocycles. The van der Waals surface area contributed by atoms with E-state index in [1.807, 2.05) is 12.1 Å². The van der Waals surface area contributed by atoms with Crippen molar-refractivity contribution >= 4 is 5.96 Å². The first-order valence-corrected chi connectivity index (χ1v) is 4.58. The topological polar surface area (TPSA) is 71.1 Å². The predicted octanol–water partition coefficient (Wildman–Crippen LogP) is 1.02. The lowest BCUT2D eigenvalue weighted by Gasteiger charge is -2.06. The molecule has 0 amide bonds. The highest BCUT2D eigenvalue weighted by Crippen LogP contribution is 2.11. The number of alkyl halides is 1. The van der Waals surface area contributed by atoms with Gasteiger partial charge in [-0.25, -0.2) is 4.39 Å². The SMILES string of the molecule is N=C(N)NCc1ccc(OCCF)cc1. The first-order chi connectivity index (χ1) is 7.22. The van der Waals surface area contributed by atoms with E-state index in [9.17, 15) is 4.39 Å². The van der Waals surface area contributed by atoms with Crippen LogP contribution < -0.4 is 15.8 Å². The van der Waals surface area contributed by atoms with Crippen LogP contribution in [0.2, 0.25) is 0 Å². The smallest absolute Gasteiger partial charge is 0.185 e. The van der Waals surface area contributed by atoms with Crippen LogP contribution >= 0.6 is 0 Å². The summed E-state index contributed by atoms with van der Waals surface area (Å²) in [5, 5.41) is 9.66. The fraction of sp³-hybridized carbons (Fsp3) is 0.300. The molecule has 0 saturated carbocycles. The van der Waals surface area contributed by atoms with Gasteiger partial charge in [-0.15, -0.1) is 0 Å². The van der Waals surface area contributed by atoms with Crippen molar-refractivity contribution in [2.75, 3.05) is 13.3 Å². The second-order valence-electron chi connectivity index (χ2n) is 2.95. The average Bonchev–Trinajstić information content (AvgIpc) is 2.25. The maximum atomic E-state index is 11.8. The Hall–Kier alpha value is -1.78. The molecule has 5 heteroatoms. The van der Waals surface area contributed by atoms with Gasteiger partial charge in [-0.2, -0.15) is 0 Å². The Morgan fingerprint density at radius 2 is 2.07 bits per heavy atom. The second kappa shape index (κ2) is 5.85. The van der Waals surface area contributed by atoms with Crippen molar-refractivity contribution in [1.29, 1.82) is 5.41 Å². The molecule has 0 fully saturated rings. The molecule has 1 aromatic rings. The average molecular weight is 211 g/mol. The van der Waals surface area contributed by atoms with Crippen molar-refractivity contribution in [1.82, 2.24) is 5.32 Å². The maximum absolute atomic E-state index is 11.8. The van der Waals surface area contributed by atoms with Gasteiger partial charge in [-0.3, -0.25) is 5.41 Å². The van der Waals surface area contributed by atoms with Gasteiger partial charge < -0.3 is 15.8 Å². The largest absolute Gasteiger partial charge is 0.491 e. The van der Waals surface area contributed by atoms with Crippen LogP contribution in [0.25, 0.3) is 0 Å². The summed E-state index contributed by atoms with van der Waals surface area (Å²) in [6.07, 6.45) is 0. The van der Waals surface area contributed by atoms with Crippen LogP contribution in [0.5, 0.6) is 5.75 Å². The Bertz CT molecular complexity index is 313. The highest BCUT2D eigenvalue weighted by Gasteiger charge is 1.95. The Morgan fingerprint density at radius 1 is 1.40 bits per heavy atom. The summed E-state index contributed by atoms with van der Waals surface area (Å²) in [5.41, 5.74) is 6.13. The molecule has 1 aromatic carbocycles. The number of hydrogen-bond acceptors (Lipinski definition) is 2. The van der Waals surface area contributed by atoms with Gasteiger partial charge in [-0.05, 0) is 17.7 Å². The summed E-state index contributed by atoms with van der Waals surface area (Å²) in [6, 6.07) is 7.19. The zero-order valence-corrected chi connectivity index (χ0v) is 8.29. The van der Waals surface area contributed by atoms with Crippen molar-refractivity contribution in [3.05, 3.63) is 29.8 Å². The Morgan fingerprint density at radius 3 is 2.60 bits per heavy atom. The van der Waals surface area contributed by atoms with E-state index in [0.717, 1.165) is 5.56 Å². The van der Waals surface area contributed by atoms with E-state index < -0.39 is 6.67 Å². The number of guanidine groups is 1. The second-order valence-corrected chi connectivity index (χ2v) is 2.95. The van der Waals surface area contributed by atoms with E-state index in [2.05, 4.69) is 5.32 Å². The molecule has 1 rings (SSSR count). The van der Waals surface area contributed by atoms with Gasteiger partial charge in [-0.1, -0.05) is 12.1 Å². The number of benzene rings is 1. The molecular formula is C10H14FN3O. The van der Waals surface area contributed by atoms with Crippen LogP contribution in [0.3, 0.4) is 0 Å². The zero-order chi connectivity index (χ0) is 11.1. The molecule has 0 saturated heterocycles. The number of ether oxygens (including phenoxy) is 1.